The van der Waals surface area contributed by atoms with Gasteiger partial charge in [0.15, 0.2) is 0 Å². The van der Waals surface area contributed by atoms with E-state index in [1.807, 2.05) is 24.3 Å². The summed E-state index contributed by atoms with van der Waals surface area (Å²) in [7, 11) is 0. The van der Waals surface area contributed by atoms with Gasteiger partial charge in [-0.25, -0.2) is 9.69 Å². The second-order valence-electron chi connectivity index (χ2n) is 8.11. The third-order valence-corrected chi connectivity index (χ3v) is 6.98. The van der Waals surface area contributed by atoms with E-state index >= 15 is 0 Å². The second kappa shape index (κ2) is 8.32. The lowest BCUT2D eigenvalue weighted by Crippen LogP contribution is -2.36. The number of hydrogen-bond donors (Lipinski definition) is 0. The molecule has 0 radical (unpaired) electrons. The largest absolute Gasteiger partial charge is 0.446 e. The number of amides is 3. The molecule has 2 fully saturated rings. The van der Waals surface area contributed by atoms with Gasteiger partial charge in [-0.1, -0.05) is 29.8 Å². The van der Waals surface area contributed by atoms with Crippen LogP contribution < -0.4 is 4.90 Å². The number of hydrogen-bond acceptors (Lipinski definition) is 4. The summed E-state index contributed by atoms with van der Waals surface area (Å²) in [5.74, 6) is -0.353. The maximum Gasteiger partial charge on any atom is 0.446 e. The Morgan fingerprint density at radius 2 is 1.74 bits per heavy atom. The minimum Gasteiger partial charge on any atom is -0.305 e. The Bertz CT molecular complexity index is 1280. The number of aromatic nitrogens is 1. The Hall–Kier alpha value is -3.04. The van der Waals surface area contributed by atoms with Gasteiger partial charge in [-0.3, -0.25) is 9.78 Å². The summed E-state index contributed by atoms with van der Waals surface area (Å²) in [6.07, 6.45) is 2.71. The predicted octanol–water partition coefficient (Wildman–Crippen LogP) is 6.52. The maximum atomic E-state index is 13.3. The van der Waals surface area contributed by atoms with Crippen LogP contribution in [0.25, 0.3) is 11.3 Å². The molecule has 5 nitrogen and oxygen atoms in total. The molecule has 1 aromatic heterocycles. The molecule has 1 spiro atoms. The first kappa shape index (κ1) is 22.7. The highest BCUT2D eigenvalue weighted by Crippen LogP contribution is 2.50. The molecule has 2 heterocycles. The van der Waals surface area contributed by atoms with E-state index in [2.05, 4.69) is 4.98 Å². The normalized spacial score (nSPS) is 17.1. The molecule has 0 unspecified atom stereocenters. The van der Waals surface area contributed by atoms with Crippen LogP contribution in [-0.4, -0.2) is 32.9 Å². The highest BCUT2D eigenvalue weighted by atomic mass is 35.5. The quantitative estimate of drug-likeness (QED) is 0.294. The van der Waals surface area contributed by atoms with E-state index in [1.165, 1.54) is 24.3 Å². The van der Waals surface area contributed by atoms with Crippen molar-refractivity contribution >= 4 is 41.0 Å². The monoisotopic (exact) mass is 503 g/mol. The zero-order valence-corrected chi connectivity index (χ0v) is 19.1. The first-order chi connectivity index (χ1) is 16.2. The minimum absolute atomic E-state index is 0.0165. The number of imide groups is 1. The van der Waals surface area contributed by atoms with Crippen LogP contribution in [0, 0.1) is 0 Å². The average Bonchev–Trinajstić information content (AvgIpc) is 3.57. The third kappa shape index (κ3) is 4.14. The molecule has 174 valence electrons. The van der Waals surface area contributed by atoms with Gasteiger partial charge in [0, 0.05) is 28.2 Å². The molecule has 2 aromatic carbocycles. The van der Waals surface area contributed by atoms with Crippen LogP contribution in [0.4, 0.5) is 23.7 Å². The summed E-state index contributed by atoms with van der Waals surface area (Å²) in [5.41, 5.74) is -2.87. The molecule has 34 heavy (non-hydrogen) atoms. The number of nitrogens with zero attached hydrogens (tertiary/aromatic N) is 3. The van der Waals surface area contributed by atoms with Gasteiger partial charge in [0.25, 0.3) is 5.91 Å². The summed E-state index contributed by atoms with van der Waals surface area (Å²) in [6.45, 7) is 0.197. The van der Waals surface area contributed by atoms with Crippen LogP contribution in [0.5, 0.6) is 0 Å². The number of carbonyl (C=O) groups excluding carboxylic acids is 2. The van der Waals surface area contributed by atoms with Crippen LogP contribution in [-0.2, 0) is 11.3 Å². The highest BCUT2D eigenvalue weighted by Gasteiger charge is 2.65. The van der Waals surface area contributed by atoms with Gasteiger partial charge in [0.05, 0.1) is 11.4 Å². The maximum absolute atomic E-state index is 13.3. The number of rotatable bonds is 5. The van der Waals surface area contributed by atoms with Gasteiger partial charge in [-0.2, -0.15) is 13.2 Å². The van der Waals surface area contributed by atoms with Gasteiger partial charge >= 0.3 is 11.5 Å². The van der Waals surface area contributed by atoms with Crippen molar-refractivity contribution in [2.75, 3.05) is 4.90 Å². The van der Waals surface area contributed by atoms with Gasteiger partial charge < -0.3 is 4.90 Å². The number of urea groups is 1. The number of alkyl halides is 3. The second-order valence-corrected chi connectivity index (χ2v) is 9.66. The van der Waals surface area contributed by atoms with Crippen LogP contribution in [0.2, 0.25) is 5.02 Å². The van der Waals surface area contributed by atoms with Crippen LogP contribution in [0.3, 0.4) is 0 Å². The lowest BCUT2D eigenvalue weighted by Gasteiger charge is -2.21. The number of pyridine rings is 1. The van der Waals surface area contributed by atoms with E-state index in [4.69, 9.17) is 11.6 Å². The summed E-state index contributed by atoms with van der Waals surface area (Å²) in [4.78, 5) is 33.5. The molecule has 1 saturated carbocycles. The predicted molar refractivity (Wildman–Crippen MR) is 123 cm³/mol. The van der Waals surface area contributed by atoms with Crippen LogP contribution in [0.15, 0.2) is 71.8 Å². The fraction of sp³-hybridized carbons (Fsp3) is 0.208. The number of anilines is 1. The topological polar surface area (TPSA) is 53.5 Å². The Labute approximate surface area is 202 Å². The molecule has 5 rings (SSSR count). The molecule has 1 saturated heterocycles. The molecule has 3 amide bonds. The van der Waals surface area contributed by atoms with E-state index in [9.17, 15) is 22.8 Å². The van der Waals surface area contributed by atoms with E-state index in [0.717, 1.165) is 16.0 Å². The van der Waals surface area contributed by atoms with Crippen molar-refractivity contribution in [2.24, 2.45) is 0 Å². The summed E-state index contributed by atoms with van der Waals surface area (Å²) >= 11 is 6.05. The van der Waals surface area contributed by atoms with Gasteiger partial charge in [-0.05, 0) is 72.6 Å². The standard InChI is InChI=1S/C24H17ClF3N3O2S/c25-19-4-2-1-3-18(19)20-13-15(9-12-29-20)14-30-22(33)31(21(32)23(30)10-11-23)16-5-7-17(8-6-16)34-24(26,27)28/h1-9,12-13H,10-11,14H2. The van der Waals surface area contributed by atoms with Crippen molar-refractivity contribution in [3.05, 3.63) is 77.4 Å². The average molecular weight is 504 g/mol. The lowest BCUT2D eigenvalue weighted by molar-refractivity contribution is -0.120. The molecule has 3 aromatic rings. The zero-order valence-electron chi connectivity index (χ0n) is 17.6. The molecular weight excluding hydrogens is 487 g/mol. The SMILES string of the molecule is O=C1N(c2ccc(SC(F)(F)F)cc2)C(=O)C2(CC2)N1Cc1ccnc(-c2ccccc2Cl)c1. The number of carbonyl (C=O) groups is 2. The molecular formula is C24H17ClF3N3O2S. The zero-order chi connectivity index (χ0) is 24.1. The van der Waals surface area contributed by atoms with Crippen molar-refractivity contribution in [3.63, 3.8) is 0 Å². The van der Waals surface area contributed by atoms with Crippen molar-refractivity contribution in [1.82, 2.24) is 9.88 Å². The van der Waals surface area contributed by atoms with Crippen molar-refractivity contribution in [3.8, 4) is 11.3 Å². The number of thioether (sulfide) groups is 1. The molecule has 2 aliphatic rings. The van der Waals surface area contributed by atoms with E-state index in [-0.39, 0.29) is 34.8 Å². The van der Waals surface area contributed by atoms with Crippen LogP contribution >= 0.6 is 23.4 Å². The third-order valence-electron chi connectivity index (χ3n) is 5.91. The molecule has 0 atom stereocenters. The minimum atomic E-state index is -4.41. The Kier molecular flexibility index (Phi) is 5.56. The van der Waals surface area contributed by atoms with Crippen molar-refractivity contribution < 1.29 is 22.8 Å². The summed E-state index contributed by atoms with van der Waals surface area (Å²) in [5, 5.41) is 0.552. The molecule has 1 aliphatic heterocycles. The van der Waals surface area contributed by atoms with Crippen molar-refractivity contribution in [2.45, 2.75) is 35.3 Å². The van der Waals surface area contributed by atoms with Crippen LogP contribution in [0.1, 0.15) is 18.4 Å². The number of halogens is 4. The summed E-state index contributed by atoms with van der Waals surface area (Å²) in [6, 6.07) is 15.7. The van der Waals surface area contributed by atoms with Gasteiger partial charge in [0.2, 0.25) is 0 Å². The Morgan fingerprint density at radius 1 is 1.03 bits per heavy atom. The Morgan fingerprint density at radius 3 is 2.38 bits per heavy atom. The van der Waals surface area contributed by atoms with E-state index in [0.29, 0.717) is 23.6 Å². The molecule has 0 bridgehead atoms. The van der Waals surface area contributed by atoms with Gasteiger partial charge in [-0.15, -0.1) is 0 Å². The van der Waals surface area contributed by atoms with Crippen molar-refractivity contribution in [1.29, 1.82) is 0 Å². The highest BCUT2D eigenvalue weighted by molar-refractivity contribution is 8.00. The molecule has 10 heteroatoms. The lowest BCUT2D eigenvalue weighted by atomic mass is 10.1. The smallest absolute Gasteiger partial charge is 0.305 e. The number of benzene rings is 2. The fourth-order valence-electron chi connectivity index (χ4n) is 4.13. The molecule has 1 aliphatic carbocycles. The van der Waals surface area contributed by atoms with Gasteiger partial charge in [0.1, 0.15) is 5.54 Å². The summed E-state index contributed by atoms with van der Waals surface area (Å²) < 4.78 is 37.9. The van der Waals surface area contributed by atoms with E-state index < -0.39 is 17.1 Å². The first-order valence-electron chi connectivity index (χ1n) is 10.4. The first-order valence-corrected chi connectivity index (χ1v) is 11.6. The molecule has 0 N–H and O–H groups in total. The van der Waals surface area contributed by atoms with E-state index in [1.54, 1.807) is 23.2 Å². The fourth-order valence-corrected chi connectivity index (χ4v) is 4.90. The Balaban J connectivity index is 1.40.